The van der Waals surface area contributed by atoms with E-state index in [0.29, 0.717) is 0 Å². The number of benzene rings is 21. The summed E-state index contributed by atoms with van der Waals surface area (Å²) < 4.78 is 0. The van der Waals surface area contributed by atoms with Gasteiger partial charge in [-0.25, -0.2) is 0 Å². The molecule has 21 aromatic rings. The molecule has 24 rings (SSSR count). The molecule has 0 amide bonds. The number of hydrogen-bond acceptors (Lipinski definition) is 3. The van der Waals surface area contributed by atoms with Gasteiger partial charge < -0.3 is 14.7 Å². The van der Waals surface area contributed by atoms with E-state index >= 15 is 0 Å². The van der Waals surface area contributed by atoms with Gasteiger partial charge in [0.05, 0.1) is 5.69 Å². The van der Waals surface area contributed by atoms with Crippen LogP contribution in [0, 0.1) is 6.92 Å². The lowest BCUT2D eigenvalue weighted by molar-refractivity contribution is 0.660. The van der Waals surface area contributed by atoms with Gasteiger partial charge in [0.15, 0.2) is 0 Å². The molecule has 0 atom stereocenters. The van der Waals surface area contributed by atoms with Crippen LogP contribution in [0.3, 0.4) is 0 Å². The maximum atomic E-state index is 2.42. The van der Waals surface area contributed by atoms with Crippen LogP contribution >= 0.6 is 0 Å². The van der Waals surface area contributed by atoms with Crippen molar-refractivity contribution in [3.8, 4) is 134 Å². The summed E-state index contributed by atoms with van der Waals surface area (Å²) in [5.74, 6) is 0. The SMILES string of the molecule is CC1(C)c2cc(-c3ccccc3)ccc2-c2ccc(N(c3ccc(-c4ccccc4)cc3)c3ccc(-c4ccccc4)cc3)cc21.CC1(C)c2cc(-c3ccccc3)ccc2-c2ccc(N(c3ccc(-c4ccccc4)cc3)c3ccccc3-c3ccccc3)cc21.Cc1ccc(-c2ccc3c(c2)C(C)(C)c2cc(N(c4ccc(-c5ccccc5)cc4)c4cccc(-c5ccccc5)c4)ccc2-3)cc1. The van der Waals surface area contributed by atoms with Crippen LogP contribution in [0.5, 0.6) is 0 Å². The first kappa shape index (κ1) is 87.4. The maximum Gasteiger partial charge on any atom is 0.0540 e. The van der Waals surface area contributed by atoms with E-state index in [4.69, 9.17) is 0 Å². The molecule has 0 spiro atoms. The van der Waals surface area contributed by atoms with E-state index < -0.39 is 0 Å². The van der Waals surface area contributed by atoms with Crippen molar-refractivity contribution < 1.29 is 0 Å². The Kier molecular flexibility index (Phi) is 23.5. The van der Waals surface area contributed by atoms with Crippen LogP contribution in [0.4, 0.5) is 51.2 Å². The van der Waals surface area contributed by atoms with E-state index in [-0.39, 0.29) is 16.2 Å². The van der Waals surface area contributed by atoms with Gasteiger partial charge in [-0.1, -0.05) is 447 Å². The monoisotopic (exact) mass is 1780 g/mol. The van der Waals surface area contributed by atoms with Crippen molar-refractivity contribution in [3.05, 3.63) is 561 Å². The van der Waals surface area contributed by atoms with Gasteiger partial charge >= 0.3 is 0 Å². The average molecular weight is 1780 g/mol. The number of fused-ring (bicyclic) bond motifs is 9. The van der Waals surface area contributed by atoms with Gasteiger partial charge in [0.1, 0.15) is 0 Å². The maximum absolute atomic E-state index is 2.42. The number of anilines is 9. The summed E-state index contributed by atoms with van der Waals surface area (Å²) in [5.41, 5.74) is 49.4. The molecule has 0 fully saturated rings. The molecule has 0 N–H and O–H groups in total. The third-order valence-corrected chi connectivity index (χ3v) is 28.7. The fourth-order valence-electron chi connectivity index (χ4n) is 21.2. The van der Waals surface area contributed by atoms with E-state index in [9.17, 15) is 0 Å². The van der Waals surface area contributed by atoms with Gasteiger partial charge in [0.25, 0.3) is 0 Å². The molecule has 3 nitrogen and oxygen atoms in total. The smallest absolute Gasteiger partial charge is 0.0540 e. The molecule has 666 valence electrons. The molecule has 0 aromatic heterocycles. The summed E-state index contributed by atoms with van der Waals surface area (Å²) in [5, 5.41) is 0. The molecule has 0 saturated carbocycles. The van der Waals surface area contributed by atoms with Crippen molar-refractivity contribution in [1.29, 1.82) is 0 Å². The molecule has 0 unspecified atom stereocenters. The Balaban J connectivity index is 0.000000120. The van der Waals surface area contributed by atoms with Gasteiger partial charge in [0, 0.05) is 67.3 Å². The highest BCUT2D eigenvalue weighted by atomic mass is 15.2. The summed E-state index contributed by atoms with van der Waals surface area (Å²) in [6, 6.07) is 189. The van der Waals surface area contributed by atoms with Crippen LogP contribution < -0.4 is 14.7 Å². The second kappa shape index (κ2) is 37.4. The Hall–Kier alpha value is -17.0. The number of rotatable bonds is 18. The van der Waals surface area contributed by atoms with Crippen molar-refractivity contribution >= 4 is 51.2 Å². The Morgan fingerprint density at radius 1 is 0.129 bits per heavy atom. The lowest BCUT2D eigenvalue weighted by atomic mass is 9.81. The molecule has 139 heavy (non-hydrogen) atoms. The first-order valence-corrected chi connectivity index (χ1v) is 48.5. The Morgan fingerprint density at radius 3 is 0.640 bits per heavy atom. The largest absolute Gasteiger partial charge is 0.310 e. The zero-order valence-corrected chi connectivity index (χ0v) is 79.5. The van der Waals surface area contributed by atoms with Gasteiger partial charge in [-0.15, -0.1) is 0 Å². The molecule has 0 saturated heterocycles. The number of aryl methyl sites for hydroxylation is 1. The first-order valence-electron chi connectivity index (χ1n) is 48.5. The normalized spacial score (nSPS) is 12.7. The second-order valence-corrected chi connectivity index (χ2v) is 38.4. The third-order valence-electron chi connectivity index (χ3n) is 28.7. The van der Waals surface area contributed by atoms with E-state index in [0.717, 1.165) is 51.2 Å². The molecule has 0 heterocycles. The second-order valence-electron chi connectivity index (χ2n) is 38.4. The lowest BCUT2D eigenvalue weighted by Crippen LogP contribution is -2.17. The highest BCUT2D eigenvalue weighted by Crippen LogP contribution is 2.57. The number of para-hydroxylation sites is 1. The average Bonchev–Trinajstić information content (AvgIpc) is 1.58. The van der Waals surface area contributed by atoms with Crippen molar-refractivity contribution in [1.82, 2.24) is 0 Å². The van der Waals surface area contributed by atoms with Gasteiger partial charge in [-0.3, -0.25) is 0 Å². The lowest BCUT2D eigenvalue weighted by Gasteiger charge is -2.30. The minimum atomic E-state index is -0.146. The Labute approximate surface area is 818 Å². The summed E-state index contributed by atoms with van der Waals surface area (Å²) in [7, 11) is 0. The van der Waals surface area contributed by atoms with E-state index in [1.54, 1.807) is 0 Å². The third kappa shape index (κ3) is 17.2. The van der Waals surface area contributed by atoms with Crippen LogP contribution in [-0.4, -0.2) is 0 Å². The molecule has 21 aromatic carbocycles. The molecular weight excluding hydrogens is 1680 g/mol. The molecule has 3 aliphatic carbocycles. The highest BCUT2D eigenvalue weighted by molar-refractivity contribution is 5.95. The molecule has 3 aliphatic rings. The highest BCUT2D eigenvalue weighted by Gasteiger charge is 2.40. The predicted octanol–water partition coefficient (Wildman–Crippen LogP) is 37.7. The zero-order chi connectivity index (χ0) is 94.1. The zero-order valence-electron chi connectivity index (χ0n) is 79.5. The van der Waals surface area contributed by atoms with Crippen LogP contribution in [0.2, 0.25) is 0 Å². The molecule has 0 radical (unpaired) electrons. The van der Waals surface area contributed by atoms with Crippen molar-refractivity contribution in [2.24, 2.45) is 0 Å². The fourth-order valence-corrected chi connectivity index (χ4v) is 21.2. The molecule has 0 bridgehead atoms. The standard InChI is InChI=1S/C46H37N.2C45H35N/c1-32-17-19-36(20-18-32)38-23-27-42-43-28-26-41(31-45(43)46(2,3)44(42)30-38)47(39-24-21-35(22-25-39)33-11-6-4-7-12-33)40-16-10-15-37(29-40)34-13-8-5-9-14-34;1-45(2)42-30-36(33-16-8-4-9-17-33)24-28-40(42)41-29-27-38(31-43(41)45)46(37-25-22-34(23-26-37)32-14-6-3-7-15-32)44-21-13-12-20-39(44)35-18-10-5-11-19-35;1-45(2)43-30-37(34-16-10-5-11-17-34)22-28-41(43)42-29-27-40(31-44(42)45)46(38-23-18-35(19-24-38)32-12-6-3-7-13-32)39-25-20-36(21-26-39)33-14-8-4-9-15-33/h4-31H,1-3H3;2*3-31H,1-2H3. The summed E-state index contributed by atoms with van der Waals surface area (Å²) in [4.78, 5) is 7.21. The van der Waals surface area contributed by atoms with Gasteiger partial charge in [-0.2, -0.15) is 0 Å². The predicted molar refractivity (Wildman–Crippen MR) is 590 cm³/mol. The topological polar surface area (TPSA) is 9.72 Å². The quantitative estimate of drug-likeness (QED) is 0.0848. The summed E-state index contributed by atoms with van der Waals surface area (Å²) >= 11 is 0. The van der Waals surface area contributed by atoms with Crippen LogP contribution in [0.15, 0.2) is 522 Å². The van der Waals surface area contributed by atoms with Gasteiger partial charge in [-0.05, 0) is 290 Å². The summed E-state index contributed by atoms with van der Waals surface area (Å²) in [6.45, 7) is 16.3. The molecule has 0 aliphatic heterocycles. The minimum Gasteiger partial charge on any atom is -0.310 e. The molecular formula is C136H107N3. The number of nitrogens with zero attached hydrogens (tertiary/aromatic N) is 3. The Morgan fingerprint density at radius 2 is 0.324 bits per heavy atom. The number of hydrogen-bond donors (Lipinski definition) is 0. The van der Waals surface area contributed by atoms with Crippen LogP contribution in [0.1, 0.15) is 80.5 Å². The van der Waals surface area contributed by atoms with E-state index in [1.165, 1.54) is 172 Å². The van der Waals surface area contributed by atoms with E-state index in [1.807, 2.05) is 0 Å². The van der Waals surface area contributed by atoms with Gasteiger partial charge in [0.2, 0.25) is 0 Å². The minimum absolute atomic E-state index is 0.133. The Bertz CT molecular complexity index is 7890. The summed E-state index contributed by atoms with van der Waals surface area (Å²) in [6.07, 6.45) is 0. The van der Waals surface area contributed by atoms with Crippen LogP contribution in [-0.2, 0) is 16.2 Å². The van der Waals surface area contributed by atoms with Crippen molar-refractivity contribution in [3.63, 3.8) is 0 Å². The van der Waals surface area contributed by atoms with Crippen molar-refractivity contribution in [2.75, 3.05) is 14.7 Å². The van der Waals surface area contributed by atoms with Crippen LogP contribution in [0.25, 0.3) is 134 Å². The molecule has 3 heteroatoms. The fraction of sp³-hybridized carbons (Fsp3) is 0.0735. The van der Waals surface area contributed by atoms with Crippen molar-refractivity contribution in [2.45, 2.75) is 64.7 Å². The van der Waals surface area contributed by atoms with E-state index in [2.05, 4.69) is 585 Å². The first-order chi connectivity index (χ1) is 68.1.